The standard InChI is InChI=1S/C10H12N2O4S/c11-4-3-7-6-12-10-2-1-8(5-9(7)10)16-17(13,14)15/h1-2,5-6,12H,3-4,11H2,(H,13,14,15). The largest absolute Gasteiger partial charge is 0.446 e. The maximum atomic E-state index is 10.6. The van der Waals surface area contributed by atoms with E-state index in [0.29, 0.717) is 13.0 Å². The topological polar surface area (TPSA) is 105 Å². The molecular formula is C10H12N2O4S. The lowest BCUT2D eigenvalue weighted by molar-refractivity contribution is 0.387. The number of rotatable bonds is 4. The van der Waals surface area contributed by atoms with Gasteiger partial charge in [-0.2, -0.15) is 8.42 Å². The van der Waals surface area contributed by atoms with E-state index in [1.54, 1.807) is 12.1 Å². The first kappa shape index (κ1) is 11.9. The molecule has 0 aliphatic carbocycles. The minimum absolute atomic E-state index is 0.0675. The molecule has 2 aromatic rings. The van der Waals surface area contributed by atoms with Crippen LogP contribution >= 0.6 is 0 Å². The molecule has 0 amide bonds. The van der Waals surface area contributed by atoms with Crippen LogP contribution in [0, 0.1) is 0 Å². The third-order valence-corrected chi connectivity index (χ3v) is 2.76. The Balaban J connectivity index is 2.44. The molecule has 0 aliphatic heterocycles. The van der Waals surface area contributed by atoms with Gasteiger partial charge >= 0.3 is 10.4 Å². The fraction of sp³-hybridized carbons (Fsp3) is 0.200. The van der Waals surface area contributed by atoms with Crippen molar-refractivity contribution in [2.45, 2.75) is 6.42 Å². The molecule has 1 heterocycles. The number of fused-ring (bicyclic) bond motifs is 1. The van der Waals surface area contributed by atoms with Crippen LogP contribution in [0.4, 0.5) is 0 Å². The number of benzene rings is 1. The van der Waals surface area contributed by atoms with Crippen molar-refractivity contribution >= 4 is 21.3 Å². The highest BCUT2D eigenvalue weighted by Gasteiger charge is 2.09. The van der Waals surface area contributed by atoms with Crippen molar-refractivity contribution in [1.29, 1.82) is 0 Å². The quantitative estimate of drug-likeness (QED) is 0.703. The van der Waals surface area contributed by atoms with E-state index < -0.39 is 10.4 Å². The number of nitrogens with two attached hydrogens (primary N) is 1. The summed E-state index contributed by atoms with van der Waals surface area (Å²) in [6, 6.07) is 4.68. The minimum Gasteiger partial charge on any atom is -0.362 e. The molecule has 17 heavy (non-hydrogen) atoms. The van der Waals surface area contributed by atoms with Crippen LogP contribution in [0.1, 0.15) is 5.56 Å². The average Bonchev–Trinajstić information content (AvgIpc) is 2.59. The number of H-pyrrole nitrogens is 1. The normalized spacial score (nSPS) is 11.9. The highest BCUT2D eigenvalue weighted by Crippen LogP contribution is 2.24. The smallest absolute Gasteiger partial charge is 0.362 e. The molecule has 0 unspecified atom stereocenters. The predicted octanol–water partition coefficient (Wildman–Crippen LogP) is 0.851. The molecule has 0 saturated carbocycles. The summed E-state index contributed by atoms with van der Waals surface area (Å²) in [5.74, 6) is 0.0675. The molecule has 0 spiro atoms. The van der Waals surface area contributed by atoms with Gasteiger partial charge in [-0.1, -0.05) is 0 Å². The van der Waals surface area contributed by atoms with Crippen LogP contribution in [-0.4, -0.2) is 24.5 Å². The zero-order valence-electron chi connectivity index (χ0n) is 8.88. The van der Waals surface area contributed by atoms with Gasteiger partial charge in [0.05, 0.1) is 0 Å². The van der Waals surface area contributed by atoms with Gasteiger partial charge in [0, 0.05) is 17.1 Å². The zero-order chi connectivity index (χ0) is 12.5. The summed E-state index contributed by atoms with van der Waals surface area (Å²) in [4.78, 5) is 3.04. The van der Waals surface area contributed by atoms with Crippen molar-refractivity contribution in [2.75, 3.05) is 6.54 Å². The van der Waals surface area contributed by atoms with Crippen LogP contribution in [0.2, 0.25) is 0 Å². The number of aromatic amines is 1. The van der Waals surface area contributed by atoms with Crippen LogP contribution in [0.15, 0.2) is 24.4 Å². The molecule has 2 rings (SSSR count). The molecule has 0 atom stereocenters. The maximum absolute atomic E-state index is 10.6. The molecule has 4 N–H and O–H groups in total. The molecule has 0 bridgehead atoms. The second kappa shape index (κ2) is 4.36. The summed E-state index contributed by atoms with van der Waals surface area (Å²) < 4.78 is 34.2. The third kappa shape index (κ3) is 2.76. The molecule has 1 aromatic heterocycles. The fourth-order valence-electron chi connectivity index (χ4n) is 1.69. The van der Waals surface area contributed by atoms with Crippen LogP contribution in [0.3, 0.4) is 0 Å². The van der Waals surface area contributed by atoms with E-state index in [9.17, 15) is 8.42 Å². The van der Waals surface area contributed by atoms with Gasteiger partial charge in [0.2, 0.25) is 0 Å². The third-order valence-electron chi connectivity index (χ3n) is 2.35. The molecule has 7 heteroatoms. The van der Waals surface area contributed by atoms with Crippen molar-refractivity contribution in [1.82, 2.24) is 4.98 Å². The van der Waals surface area contributed by atoms with Crippen LogP contribution < -0.4 is 9.92 Å². The van der Waals surface area contributed by atoms with Crippen molar-refractivity contribution in [2.24, 2.45) is 5.73 Å². The molecule has 0 fully saturated rings. The van der Waals surface area contributed by atoms with Gasteiger partial charge in [0.1, 0.15) is 5.75 Å². The number of aromatic nitrogens is 1. The second-order valence-corrected chi connectivity index (χ2v) is 4.59. The monoisotopic (exact) mass is 256 g/mol. The van der Waals surface area contributed by atoms with E-state index in [-0.39, 0.29) is 5.75 Å². The Bertz CT molecular complexity index is 633. The molecule has 0 aliphatic rings. The summed E-state index contributed by atoms with van der Waals surface area (Å²) in [7, 11) is -4.49. The molecule has 1 aromatic carbocycles. The Kier molecular flexibility index (Phi) is 3.05. The highest BCUT2D eigenvalue weighted by molar-refractivity contribution is 7.81. The summed E-state index contributed by atoms with van der Waals surface area (Å²) >= 11 is 0. The second-order valence-electron chi connectivity index (χ2n) is 3.57. The maximum Gasteiger partial charge on any atom is 0.446 e. The lowest BCUT2D eigenvalue weighted by Gasteiger charge is -2.02. The molecule has 6 nitrogen and oxygen atoms in total. The van der Waals surface area contributed by atoms with Gasteiger partial charge in [-0.25, -0.2) is 0 Å². The van der Waals surface area contributed by atoms with Crippen LogP contribution in [0.25, 0.3) is 10.9 Å². The average molecular weight is 256 g/mol. The van der Waals surface area contributed by atoms with Crippen molar-refractivity contribution < 1.29 is 17.2 Å². The van der Waals surface area contributed by atoms with Crippen molar-refractivity contribution in [3.05, 3.63) is 30.0 Å². The lowest BCUT2D eigenvalue weighted by Crippen LogP contribution is -2.06. The summed E-state index contributed by atoms with van der Waals surface area (Å²) in [6.07, 6.45) is 2.49. The SMILES string of the molecule is NCCc1c[nH]c2ccc(OS(=O)(=O)O)cc12. The Morgan fingerprint density at radius 2 is 2.18 bits per heavy atom. The van der Waals surface area contributed by atoms with E-state index >= 15 is 0 Å². The first-order valence-electron chi connectivity index (χ1n) is 4.96. The molecular weight excluding hydrogens is 244 g/mol. The number of nitrogens with one attached hydrogen (secondary N) is 1. The van der Waals surface area contributed by atoms with E-state index in [0.717, 1.165) is 16.5 Å². The predicted molar refractivity (Wildman–Crippen MR) is 63.2 cm³/mol. The Morgan fingerprint density at radius 3 is 2.82 bits per heavy atom. The zero-order valence-corrected chi connectivity index (χ0v) is 9.70. The van der Waals surface area contributed by atoms with Gasteiger partial charge in [-0.3, -0.25) is 4.55 Å². The Hall–Kier alpha value is -1.57. The van der Waals surface area contributed by atoms with Crippen LogP contribution in [0.5, 0.6) is 5.75 Å². The number of hydrogen-bond acceptors (Lipinski definition) is 4. The summed E-state index contributed by atoms with van der Waals surface area (Å²) in [5.41, 5.74) is 7.30. The van der Waals surface area contributed by atoms with E-state index in [1.165, 1.54) is 6.07 Å². The molecule has 92 valence electrons. The van der Waals surface area contributed by atoms with Gasteiger partial charge in [0.25, 0.3) is 0 Å². The first-order valence-corrected chi connectivity index (χ1v) is 6.33. The summed E-state index contributed by atoms with van der Waals surface area (Å²) in [6.45, 7) is 0.496. The van der Waals surface area contributed by atoms with Gasteiger partial charge in [-0.15, -0.1) is 0 Å². The van der Waals surface area contributed by atoms with E-state index in [4.69, 9.17) is 10.3 Å². The van der Waals surface area contributed by atoms with Crippen LogP contribution in [-0.2, 0) is 16.8 Å². The van der Waals surface area contributed by atoms with Gasteiger partial charge < -0.3 is 14.9 Å². The Labute approximate surface area is 98.3 Å². The first-order chi connectivity index (χ1) is 7.99. The molecule has 0 saturated heterocycles. The van der Waals surface area contributed by atoms with Crippen molar-refractivity contribution in [3.63, 3.8) is 0 Å². The minimum atomic E-state index is -4.49. The van der Waals surface area contributed by atoms with Gasteiger partial charge in [-0.05, 0) is 36.7 Å². The van der Waals surface area contributed by atoms with Crippen molar-refractivity contribution in [3.8, 4) is 5.75 Å². The Morgan fingerprint density at radius 1 is 1.41 bits per heavy atom. The summed E-state index contributed by atoms with van der Waals surface area (Å²) in [5, 5.41) is 0.830. The highest BCUT2D eigenvalue weighted by atomic mass is 32.3. The van der Waals surface area contributed by atoms with Gasteiger partial charge in [0.15, 0.2) is 0 Å². The van der Waals surface area contributed by atoms with E-state index in [2.05, 4.69) is 9.17 Å². The molecule has 0 radical (unpaired) electrons. The number of hydrogen-bond donors (Lipinski definition) is 3. The fourth-order valence-corrected chi connectivity index (χ4v) is 2.04. The lowest BCUT2D eigenvalue weighted by atomic mass is 10.1. The van der Waals surface area contributed by atoms with E-state index in [1.807, 2.05) is 6.20 Å².